The molecule has 0 saturated heterocycles. The van der Waals surface area contributed by atoms with Gasteiger partial charge in [-0.25, -0.2) is 0 Å². The third-order valence-electron chi connectivity index (χ3n) is 7.03. The molecule has 0 aromatic heterocycles. The van der Waals surface area contributed by atoms with Crippen molar-refractivity contribution < 1.29 is 19.1 Å². The second kappa shape index (κ2) is 7.28. The van der Waals surface area contributed by atoms with E-state index in [1.807, 2.05) is 0 Å². The fourth-order valence-electron chi connectivity index (χ4n) is 5.99. The van der Waals surface area contributed by atoms with Gasteiger partial charge in [0.25, 0.3) is 0 Å². The smallest absolute Gasteiger partial charge is 0.302 e. The molecule has 25 heavy (non-hydrogen) atoms. The number of ether oxygens (including phenoxy) is 2. The Bertz CT molecular complexity index is 512. The van der Waals surface area contributed by atoms with Gasteiger partial charge in [-0.1, -0.05) is 26.7 Å². The number of hydrogen-bond donors (Lipinski definition) is 0. The number of hydrogen-bond acceptors (Lipinski definition) is 4. The quantitative estimate of drug-likeness (QED) is 0.697. The van der Waals surface area contributed by atoms with Crippen LogP contribution in [0.5, 0.6) is 0 Å². The van der Waals surface area contributed by atoms with E-state index in [1.54, 1.807) is 0 Å². The van der Waals surface area contributed by atoms with Gasteiger partial charge in [-0.3, -0.25) is 9.59 Å². The van der Waals surface area contributed by atoms with E-state index in [9.17, 15) is 9.59 Å². The van der Waals surface area contributed by atoms with E-state index in [4.69, 9.17) is 9.47 Å². The molecule has 0 bridgehead atoms. The van der Waals surface area contributed by atoms with Crippen molar-refractivity contribution in [2.75, 3.05) is 13.2 Å². The van der Waals surface area contributed by atoms with Gasteiger partial charge in [-0.05, 0) is 60.7 Å². The van der Waals surface area contributed by atoms with E-state index >= 15 is 0 Å². The summed E-state index contributed by atoms with van der Waals surface area (Å²) in [7, 11) is 0. The average molecular weight is 350 g/mol. The summed E-state index contributed by atoms with van der Waals surface area (Å²) in [5.74, 6) is 3.36. The van der Waals surface area contributed by atoms with Crippen LogP contribution in [0.2, 0.25) is 0 Å². The molecule has 3 rings (SSSR count). The van der Waals surface area contributed by atoms with Gasteiger partial charge in [0, 0.05) is 19.8 Å². The lowest BCUT2D eigenvalue weighted by Crippen LogP contribution is -2.31. The van der Waals surface area contributed by atoms with Crippen molar-refractivity contribution in [1.82, 2.24) is 0 Å². The van der Waals surface area contributed by atoms with Gasteiger partial charge in [0.2, 0.25) is 0 Å². The van der Waals surface area contributed by atoms with Crippen LogP contribution < -0.4 is 0 Å². The molecule has 3 aliphatic rings. The maximum absolute atomic E-state index is 11.3. The molecular weight excluding hydrogens is 316 g/mol. The van der Waals surface area contributed by atoms with Gasteiger partial charge in [-0.2, -0.15) is 0 Å². The van der Waals surface area contributed by atoms with Gasteiger partial charge in [0.1, 0.15) is 0 Å². The van der Waals surface area contributed by atoms with E-state index < -0.39 is 0 Å². The Morgan fingerprint density at radius 2 is 1.64 bits per heavy atom. The molecule has 3 unspecified atom stereocenters. The number of rotatable bonds is 5. The van der Waals surface area contributed by atoms with E-state index in [0.717, 1.165) is 24.2 Å². The molecule has 3 saturated carbocycles. The SMILES string of the molecule is CC(=O)OC[C@@H]1CCC2C(C3CCCC(C)(C)C3)[C@@H]2[C@@H]1COC(C)=O. The van der Waals surface area contributed by atoms with Crippen LogP contribution in [0.15, 0.2) is 0 Å². The Hall–Kier alpha value is -1.06. The van der Waals surface area contributed by atoms with Crippen molar-refractivity contribution in [2.45, 2.75) is 66.2 Å². The molecule has 0 aliphatic heterocycles. The first-order valence-corrected chi connectivity index (χ1v) is 10.1. The van der Waals surface area contributed by atoms with Crippen LogP contribution in [0.4, 0.5) is 0 Å². The molecule has 0 heterocycles. The summed E-state index contributed by atoms with van der Waals surface area (Å²) in [6.45, 7) is 8.74. The maximum Gasteiger partial charge on any atom is 0.302 e. The van der Waals surface area contributed by atoms with Crippen LogP contribution in [-0.4, -0.2) is 25.2 Å². The lowest BCUT2D eigenvalue weighted by atomic mass is 9.70. The number of fused-ring (bicyclic) bond motifs is 1. The van der Waals surface area contributed by atoms with Crippen LogP contribution in [0, 0.1) is 40.9 Å². The molecule has 3 aliphatic carbocycles. The predicted octanol–water partition coefficient (Wildman–Crippen LogP) is 4.22. The predicted molar refractivity (Wildman–Crippen MR) is 95.7 cm³/mol. The van der Waals surface area contributed by atoms with Crippen LogP contribution in [0.3, 0.4) is 0 Å². The monoisotopic (exact) mass is 350 g/mol. The fourth-order valence-corrected chi connectivity index (χ4v) is 5.99. The maximum atomic E-state index is 11.3. The molecule has 0 N–H and O–H groups in total. The minimum absolute atomic E-state index is 0.204. The van der Waals surface area contributed by atoms with Crippen LogP contribution >= 0.6 is 0 Å². The lowest BCUT2D eigenvalue weighted by molar-refractivity contribution is -0.148. The zero-order chi connectivity index (χ0) is 18.2. The Labute approximate surface area is 152 Å². The highest BCUT2D eigenvalue weighted by molar-refractivity contribution is 5.66. The number of esters is 2. The standard InChI is InChI=1S/C21H34O4/c1-13(22)24-11-16-7-8-17-19(15-6-5-9-21(3,4)10-15)20(17)18(16)12-25-14(2)23/h15-20H,5-12H2,1-4H3/t15?,16-,17?,18+,19?,20-/m0/s1. The summed E-state index contributed by atoms with van der Waals surface area (Å²) >= 11 is 0. The molecule has 4 heteroatoms. The molecule has 3 fully saturated rings. The summed E-state index contributed by atoms with van der Waals surface area (Å²) in [6, 6.07) is 0. The Morgan fingerprint density at radius 1 is 0.960 bits per heavy atom. The minimum atomic E-state index is -0.213. The Morgan fingerprint density at radius 3 is 2.28 bits per heavy atom. The molecule has 6 atom stereocenters. The largest absolute Gasteiger partial charge is 0.466 e. The second-order valence-corrected chi connectivity index (χ2v) is 9.45. The first-order chi connectivity index (χ1) is 11.8. The fraction of sp³-hybridized carbons (Fsp3) is 0.905. The van der Waals surface area contributed by atoms with Crippen molar-refractivity contribution >= 4 is 11.9 Å². The molecule has 0 aromatic carbocycles. The Balaban J connectivity index is 1.67. The molecule has 0 amide bonds. The molecule has 0 radical (unpaired) electrons. The van der Waals surface area contributed by atoms with E-state index in [0.29, 0.717) is 36.4 Å². The van der Waals surface area contributed by atoms with Crippen molar-refractivity contribution in [3.8, 4) is 0 Å². The summed E-state index contributed by atoms with van der Waals surface area (Å²) in [4.78, 5) is 22.6. The third kappa shape index (κ3) is 4.38. The number of carbonyl (C=O) groups is 2. The summed E-state index contributed by atoms with van der Waals surface area (Å²) in [5, 5.41) is 0. The van der Waals surface area contributed by atoms with Crippen molar-refractivity contribution in [3.05, 3.63) is 0 Å². The molecule has 4 nitrogen and oxygen atoms in total. The number of carbonyl (C=O) groups excluding carboxylic acids is 2. The van der Waals surface area contributed by atoms with Gasteiger partial charge >= 0.3 is 11.9 Å². The van der Waals surface area contributed by atoms with Crippen molar-refractivity contribution in [3.63, 3.8) is 0 Å². The van der Waals surface area contributed by atoms with Gasteiger partial charge < -0.3 is 9.47 Å². The average Bonchev–Trinajstić information content (AvgIpc) is 3.24. The summed E-state index contributed by atoms with van der Waals surface area (Å²) in [5.41, 5.74) is 0.469. The highest BCUT2D eigenvalue weighted by Crippen LogP contribution is 2.65. The van der Waals surface area contributed by atoms with Gasteiger partial charge in [0.15, 0.2) is 0 Å². The first-order valence-electron chi connectivity index (χ1n) is 10.1. The Kier molecular flexibility index (Phi) is 5.45. The minimum Gasteiger partial charge on any atom is -0.466 e. The molecule has 0 spiro atoms. The van der Waals surface area contributed by atoms with Crippen LogP contribution in [-0.2, 0) is 19.1 Å². The van der Waals surface area contributed by atoms with Crippen molar-refractivity contribution in [2.24, 2.45) is 40.9 Å². The van der Waals surface area contributed by atoms with Crippen LogP contribution in [0.25, 0.3) is 0 Å². The highest BCUT2D eigenvalue weighted by Gasteiger charge is 2.61. The zero-order valence-corrected chi connectivity index (χ0v) is 16.3. The first kappa shape index (κ1) is 18.7. The topological polar surface area (TPSA) is 52.6 Å². The van der Waals surface area contributed by atoms with E-state index in [-0.39, 0.29) is 11.9 Å². The molecule has 0 aromatic rings. The van der Waals surface area contributed by atoms with E-state index in [2.05, 4.69) is 13.8 Å². The van der Waals surface area contributed by atoms with Crippen molar-refractivity contribution in [1.29, 1.82) is 0 Å². The lowest BCUT2D eigenvalue weighted by Gasteiger charge is -2.36. The molecular formula is C21H34O4. The second-order valence-electron chi connectivity index (χ2n) is 9.45. The molecule has 142 valence electrons. The van der Waals surface area contributed by atoms with E-state index in [1.165, 1.54) is 46.0 Å². The van der Waals surface area contributed by atoms with Crippen LogP contribution in [0.1, 0.15) is 66.2 Å². The normalized spacial score (nSPS) is 39.2. The summed E-state index contributed by atoms with van der Waals surface area (Å²) < 4.78 is 10.7. The third-order valence-corrected chi connectivity index (χ3v) is 7.03. The summed E-state index contributed by atoms with van der Waals surface area (Å²) in [6.07, 6.45) is 7.72. The highest BCUT2D eigenvalue weighted by atomic mass is 16.5. The zero-order valence-electron chi connectivity index (χ0n) is 16.3. The van der Waals surface area contributed by atoms with Gasteiger partial charge in [-0.15, -0.1) is 0 Å². The van der Waals surface area contributed by atoms with Gasteiger partial charge in [0.05, 0.1) is 13.2 Å².